The Morgan fingerprint density at radius 2 is 2.12 bits per heavy atom. The van der Waals surface area contributed by atoms with E-state index in [0.29, 0.717) is 12.3 Å². The average molecular weight is 274 g/mol. The summed E-state index contributed by atoms with van der Waals surface area (Å²) in [7, 11) is -0.864. The maximum absolute atomic E-state index is 11.4. The highest BCUT2D eigenvalue weighted by Crippen LogP contribution is 2.21. The fourth-order valence-corrected chi connectivity index (χ4v) is 4.15. The van der Waals surface area contributed by atoms with Gasteiger partial charge in [-0.3, -0.25) is 4.90 Å². The molecule has 1 aromatic carbocycles. The number of hydrogen-bond donors (Lipinski definition) is 0. The predicted molar refractivity (Wildman–Crippen MR) is 70.0 cm³/mol. The van der Waals surface area contributed by atoms with E-state index < -0.39 is 9.84 Å². The van der Waals surface area contributed by atoms with E-state index in [0.717, 1.165) is 17.0 Å². The van der Waals surface area contributed by atoms with Crippen molar-refractivity contribution in [2.24, 2.45) is 0 Å². The monoisotopic (exact) mass is 273 g/mol. The van der Waals surface area contributed by atoms with Crippen molar-refractivity contribution in [1.82, 2.24) is 4.90 Å². The number of rotatable bonds is 3. The lowest BCUT2D eigenvalue weighted by Crippen LogP contribution is -2.32. The lowest BCUT2D eigenvalue weighted by atomic mass is 10.1. The van der Waals surface area contributed by atoms with E-state index in [1.165, 1.54) is 0 Å². The molecule has 0 bridgehead atoms. The van der Waals surface area contributed by atoms with Gasteiger partial charge in [-0.1, -0.05) is 29.8 Å². The van der Waals surface area contributed by atoms with Crippen LogP contribution in [0.2, 0.25) is 5.02 Å². The lowest BCUT2D eigenvalue weighted by molar-refractivity contribution is 0.254. The summed E-state index contributed by atoms with van der Waals surface area (Å²) >= 11 is 6.09. The Kier molecular flexibility index (Phi) is 3.76. The van der Waals surface area contributed by atoms with Crippen LogP contribution in [0.4, 0.5) is 0 Å². The minimum Gasteiger partial charge on any atom is -0.298 e. The molecule has 1 aliphatic rings. The maximum Gasteiger partial charge on any atom is 0.151 e. The van der Waals surface area contributed by atoms with Crippen molar-refractivity contribution in [3.63, 3.8) is 0 Å². The fourth-order valence-electron chi connectivity index (χ4n) is 2.15. The summed E-state index contributed by atoms with van der Waals surface area (Å²) in [6.07, 6.45) is 0.725. The molecule has 0 aliphatic carbocycles. The molecule has 94 valence electrons. The third-order valence-electron chi connectivity index (χ3n) is 3.21. The van der Waals surface area contributed by atoms with Crippen molar-refractivity contribution in [1.29, 1.82) is 0 Å². The molecule has 0 amide bonds. The normalized spacial score (nSPS) is 23.1. The molecule has 1 fully saturated rings. The molecule has 5 heteroatoms. The molecule has 0 radical (unpaired) electrons. The van der Waals surface area contributed by atoms with E-state index >= 15 is 0 Å². The minimum absolute atomic E-state index is 0.122. The first kappa shape index (κ1) is 12.9. The third-order valence-corrected chi connectivity index (χ3v) is 5.33. The molecule has 17 heavy (non-hydrogen) atoms. The highest BCUT2D eigenvalue weighted by molar-refractivity contribution is 7.91. The topological polar surface area (TPSA) is 37.4 Å². The van der Waals surface area contributed by atoms with Gasteiger partial charge in [-0.15, -0.1) is 0 Å². The summed E-state index contributed by atoms with van der Waals surface area (Å²) < 4.78 is 22.8. The molecule has 1 saturated heterocycles. The molecule has 0 spiro atoms. The largest absolute Gasteiger partial charge is 0.298 e. The van der Waals surface area contributed by atoms with Crippen LogP contribution in [0, 0.1) is 0 Å². The van der Waals surface area contributed by atoms with Crippen LogP contribution < -0.4 is 0 Å². The first-order chi connectivity index (χ1) is 7.98. The SMILES string of the molecule is CN(Cc1ccccc1Cl)[C@H]1CCS(=O)(=O)C1. The third kappa shape index (κ3) is 3.21. The van der Waals surface area contributed by atoms with E-state index in [9.17, 15) is 8.42 Å². The van der Waals surface area contributed by atoms with Crippen LogP contribution >= 0.6 is 11.6 Å². The second kappa shape index (κ2) is 4.96. The quantitative estimate of drug-likeness (QED) is 0.845. The molecular weight excluding hydrogens is 258 g/mol. The second-order valence-electron chi connectivity index (χ2n) is 4.56. The molecule has 0 aromatic heterocycles. The zero-order valence-corrected chi connectivity index (χ0v) is 11.3. The van der Waals surface area contributed by atoms with Gasteiger partial charge in [0, 0.05) is 17.6 Å². The number of sulfone groups is 1. The van der Waals surface area contributed by atoms with Gasteiger partial charge in [0.1, 0.15) is 0 Å². The Bertz CT molecular complexity index is 501. The van der Waals surface area contributed by atoms with Crippen LogP contribution in [0.15, 0.2) is 24.3 Å². The van der Waals surface area contributed by atoms with Crippen molar-refractivity contribution in [3.8, 4) is 0 Å². The average Bonchev–Trinajstić information content (AvgIpc) is 2.62. The Morgan fingerprint density at radius 3 is 2.71 bits per heavy atom. The number of halogens is 1. The zero-order chi connectivity index (χ0) is 12.5. The van der Waals surface area contributed by atoms with Gasteiger partial charge >= 0.3 is 0 Å². The molecule has 1 aromatic rings. The Balaban J connectivity index is 2.03. The Hall–Kier alpha value is -0.580. The first-order valence-electron chi connectivity index (χ1n) is 5.62. The Morgan fingerprint density at radius 1 is 1.41 bits per heavy atom. The number of hydrogen-bond acceptors (Lipinski definition) is 3. The van der Waals surface area contributed by atoms with E-state index in [1.807, 2.05) is 31.3 Å². The predicted octanol–water partition coefficient (Wildman–Crippen LogP) is 1.96. The van der Waals surface area contributed by atoms with Gasteiger partial charge in [-0.25, -0.2) is 8.42 Å². The van der Waals surface area contributed by atoms with Crippen LogP contribution in [0.25, 0.3) is 0 Å². The van der Waals surface area contributed by atoms with Crippen molar-refractivity contribution < 1.29 is 8.42 Å². The Labute approximate surface area is 107 Å². The second-order valence-corrected chi connectivity index (χ2v) is 7.20. The van der Waals surface area contributed by atoms with E-state index in [-0.39, 0.29) is 11.8 Å². The summed E-state index contributed by atoms with van der Waals surface area (Å²) in [6.45, 7) is 0.694. The van der Waals surface area contributed by atoms with Crippen molar-refractivity contribution in [2.45, 2.75) is 19.0 Å². The molecular formula is C12H16ClNO2S. The summed E-state index contributed by atoms with van der Waals surface area (Å²) in [5, 5.41) is 0.736. The van der Waals surface area contributed by atoms with Crippen LogP contribution in [0.5, 0.6) is 0 Å². The maximum atomic E-state index is 11.4. The van der Waals surface area contributed by atoms with Gasteiger partial charge in [-0.05, 0) is 25.1 Å². The highest BCUT2D eigenvalue weighted by Gasteiger charge is 2.30. The molecule has 0 saturated carbocycles. The summed E-state index contributed by atoms with van der Waals surface area (Å²) in [5.74, 6) is 0.582. The van der Waals surface area contributed by atoms with Gasteiger partial charge in [-0.2, -0.15) is 0 Å². The molecule has 0 unspecified atom stereocenters. The highest BCUT2D eigenvalue weighted by atomic mass is 35.5. The number of nitrogens with zero attached hydrogens (tertiary/aromatic N) is 1. The van der Waals surface area contributed by atoms with E-state index in [1.54, 1.807) is 0 Å². The molecule has 2 rings (SSSR count). The standard InChI is InChI=1S/C12H16ClNO2S/c1-14(11-6-7-17(15,16)9-11)8-10-4-2-3-5-12(10)13/h2-5,11H,6-9H2,1H3/t11-/m0/s1. The van der Waals surface area contributed by atoms with Gasteiger partial charge in [0.25, 0.3) is 0 Å². The van der Waals surface area contributed by atoms with Crippen molar-refractivity contribution in [3.05, 3.63) is 34.9 Å². The minimum atomic E-state index is -2.82. The van der Waals surface area contributed by atoms with Crippen LogP contribution in [0.1, 0.15) is 12.0 Å². The molecule has 1 heterocycles. The molecule has 1 atom stereocenters. The van der Waals surface area contributed by atoms with Crippen molar-refractivity contribution >= 4 is 21.4 Å². The van der Waals surface area contributed by atoms with Gasteiger partial charge in [0.05, 0.1) is 11.5 Å². The van der Waals surface area contributed by atoms with E-state index in [4.69, 9.17) is 11.6 Å². The van der Waals surface area contributed by atoms with Gasteiger partial charge in [0.15, 0.2) is 9.84 Å². The van der Waals surface area contributed by atoms with Crippen molar-refractivity contribution in [2.75, 3.05) is 18.6 Å². The van der Waals surface area contributed by atoms with Crippen LogP contribution in [0.3, 0.4) is 0 Å². The summed E-state index contributed by atoms with van der Waals surface area (Å²) in [5.41, 5.74) is 1.04. The lowest BCUT2D eigenvalue weighted by Gasteiger charge is -2.23. The molecule has 3 nitrogen and oxygen atoms in total. The summed E-state index contributed by atoms with van der Waals surface area (Å²) in [6, 6.07) is 7.79. The molecule has 0 N–H and O–H groups in total. The summed E-state index contributed by atoms with van der Waals surface area (Å²) in [4.78, 5) is 2.08. The first-order valence-corrected chi connectivity index (χ1v) is 7.82. The smallest absolute Gasteiger partial charge is 0.151 e. The number of benzene rings is 1. The van der Waals surface area contributed by atoms with Crippen LogP contribution in [-0.2, 0) is 16.4 Å². The fraction of sp³-hybridized carbons (Fsp3) is 0.500. The van der Waals surface area contributed by atoms with Crippen LogP contribution in [-0.4, -0.2) is 37.9 Å². The van der Waals surface area contributed by atoms with Gasteiger partial charge in [0.2, 0.25) is 0 Å². The molecule has 1 aliphatic heterocycles. The van der Waals surface area contributed by atoms with Gasteiger partial charge < -0.3 is 0 Å². The zero-order valence-electron chi connectivity index (χ0n) is 9.77. The van der Waals surface area contributed by atoms with E-state index in [2.05, 4.69) is 4.90 Å².